The molecule has 0 amide bonds. The number of aliphatic hydroxyl groups is 1. The number of rotatable bonds is 3. The lowest BCUT2D eigenvalue weighted by molar-refractivity contribution is 0.204. The fraction of sp³-hybridized carbons (Fsp3) is 0.571. The summed E-state index contributed by atoms with van der Waals surface area (Å²) in [6.45, 7) is 4.55. The van der Waals surface area contributed by atoms with Crippen molar-refractivity contribution in [2.45, 2.75) is 31.6 Å². The van der Waals surface area contributed by atoms with Crippen molar-refractivity contribution in [2.75, 3.05) is 19.7 Å². The van der Waals surface area contributed by atoms with Crippen LogP contribution in [0.15, 0.2) is 24.3 Å². The van der Waals surface area contributed by atoms with Gasteiger partial charge in [-0.2, -0.15) is 0 Å². The van der Waals surface area contributed by atoms with E-state index in [1.807, 2.05) is 0 Å². The highest BCUT2D eigenvalue weighted by Gasteiger charge is 2.33. The number of aliphatic hydroxyl groups excluding tert-OH is 1. The molecule has 88 valence electrons. The van der Waals surface area contributed by atoms with Crippen LogP contribution < -0.4 is 5.32 Å². The van der Waals surface area contributed by atoms with Gasteiger partial charge in [0.2, 0.25) is 0 Å². The summed E-state index contributed by atoms with van der Waals surface area (Å²) in [4.78, 5) is 0. The third kappa shape index (κ3) is 2.28. The molecule has 0 radical (unpaired) electrons. The van der Waals surface area contributed by atoms with Gasteiger partial charge in [0.05, 0.1) is 0 Å². The zero-order chi connectivity index (χ0) is 11.4. The minimum atomic E-state index is 0.200. The molecule has 1 aliphatic rings. The smallest absolute Gasteiger partial charge is 0.0439 e. The summed E-state index contributed by atoms with van der Waals surface area (Å²) in [6, 6.07) is 8.76. The standard InChI is InChI=1S/C14H21NO/c1-12-3-2-4-13(11-12)14(7-10-16)5-8-15-9-6-14/h2-4,11,15-16H,5-10H2,1H3. The summed E-state index contributed by atoms with van der Waals surface area (Å²) >= 11 is 0. The van der Waals surface area contributed by atoms with E-state index in [0.717, 1.165) is 32.4 Å². The molecule has 2 nitrogen and oxygen atoms in total. The van der Waals surface area contributed by atoms with Crippen molar-refractivity contribution in [3.63, 3.8) is 0 Å². The third-order valence-corrected chi connectivity index (χ3v) is 3.78. The van der Waals surface area contributed by atoms with Gasteiger partial charge < -0.3 is 10.4 Å². The van der Waals surface area contributed by atoms with E-state index >= 15 is 0 Å². The van der Waals surface area contributed by atoms with E-state index in [0.29, 0.717) is 0 Å². The lowest BCUT2D eigenvalue weighted by atomic mass is 9.71. The van der Waals surface area contributed by atoms with Crippen LogP contribution in [0.25, 0.3) is 0 Å². The Bertz CT molecular complexity index is 337. The molecule has 1 aromatic carbocycles. The summed E-state index contributed by atoms with van der Waals surface area (Å²) in [5.41, 5.74) is 2.92. The predicted molar refractivity (Wildman–Crippen MR) is 66.7 cm³/mol. The average Bonchev–Trinajstić information content (AvgIpc) is 2.31. The first-order chi connectivity index (χ1) is 7.77. The highest BCUT2D eigenvalue weighted by Crippen LogP contribution is 2.36. The van der Waals surface area contributed by atoms with Crippen molar-refractivity contribution in [3.05, 3.63) is 35.4 Å². The molecule has 0 saturated carbocycles. The number of benzene rings is 1. The van der Waals surface area contributed by atoms with E-state index in [4.69, 9.17) is 0 Å². The quantitative estimate of drug-likeness (QED) is 0.815. The van der Waals surface area contributed by atoms with Crippen LogP contribution in [0.5, 0.6) is 0 Å². The van der Waals surface area contributed by atoms with Gasteiger partial charge in [0.1, 0.15) is 0 Å². The van der Waals surface area contributed by atoms with E-state index < -0.39 is 0 Å². The van der Waals surface area contributed by atoms with E-state index in [1.165, 1.54) is 11.1 Å². The van der Waals surface area contributed by atoms with E-state index in [2.05, 4.69) is 36.5 Å². The Morgan fingerprint density at radius 2 is 2.06 bits per heavy atom. The summed E-state index contributed by atoms with van der Waals surface area (Å²) in [6.07, 6.45) is 3.16. The van der Waals surface area contributed by atoms with Gasteiger partial charge in [-0.3, -0.25) is 0 Å². The molecule has 0 aromatic heterocycles. The van der Waals surface area contributed by atoms with Crippen LogP contribution in [0.4, 0.5) is 0 Å². The van der Waals surface area contributed by atoms with Crippen LogP contribution in [-0.2, 0) is 5.41 Å². The van der Waals surface area contributed by atoms with Gasteiger partial charge in [-0.25, -0.2) is 0 Å². The second-order valence-electron chi connectivity index (χ2n) is 4.87. The molecule has 0 atom stereocenters. The molecule has 2 N–H and O–H groups in total. The number of aryl methyl sites for hydroxylation is 1. The monoisotopic (exact) mass is 219 g/mol. The predicted octanol–water partition coefficient (Wildman–Crippen LogP) is 2.00. The second-order valence-corrected chi connectivity index (χ2v) is 4.87. The highest BCUT2D eigenvalue weighted by molar-refractivity contribution is 5.30. The van der Waals surface area contributed by atoms with Crippen LogP contribution in [0.2, 0.25) is 0 Å². The highest BCUT2D eigenvalue weighted by atomic mass is 16.3. The summed E-state index contributed by atoms with van der Waals surface area (Å²) in [7, 11) is 0. The Hall–Kier alpha value is -0.860. The van der Waals surface area contributed by atoms with Crippen molar-refractivity contribution in [1.82, 2.24) is 5.32 Å². The lowest BCUT2D eigenvalue weighted by Crippen LogP contribution is -2.40. The normalized spacial score (nSPS) is 19.6. The van der Waals surface area contributed by atoms with Gasteiger partial charge in [-0.05, 0) is 50.3 Å². The summed E-state index contributed by atoms with van der Waals surface area (Å²) < 4.78 is 0. The number of hydrogen-bond donors (Lipinski definition) is 2. The maximum absolute atomic E-state index is 9.29. The molecule has 1 aliphatic heterocycles. The van der Waals surface area contributed by atoms with Gasteiger partial charge in [0.15, 0.2) is 0 Å². The molecule has 1 heterocycles. The Morgan fingerprint density at radius 3 is 2.69 bits per heavy atom. The van der Waals surface area contributed by atoms with Crippen LogP contribution in [0, 0.1) is 6.92 Å². The maximum Gasteiger partial charge on any atom is 0.0439 e. The average molecular weight is 219 g/mol. The third-order valence-electron chi connectivity index (χ3n) is 3.78. The Kier molecular flexibility index (Phi) is 3.62. The van der Waals surface area contributed by atoms with Crippen LogP contribution in [0.3, 0.4) is 0 Å². The Morgan fingerprint density at radius 1 is 1.31 bits per heavy atom. The molecular formula is C14H21NO. The lowest BCUT2D eigenvalue weighted by Gasteiger charge is -2.38. The molecule has 2 heteroatoms. The zero-order valence-corrected chi connectivity index (χ0v) is 10.00. The van der Waals surface area contributed by atoms with Crippen LogP contribution >= 0.6 is 0 Å². The molecule has 1 saturated heterocycles. The van der Waals surface area contributed by atoms with Gasteiger partial charge in [-0.15, -0.1) is 0 Å². The minimum Gasteiger partial charge on any atom is -0.396 e. The van der Waals surface area contributed by atoms with Crippen LogP contribution in [-0.4, -0.2) is 24.8 Å². The second kappa shape index (κ2) is 4.98. The van der Waals surface area contributed by atoms with Crippen molar-refractivity contribution in [2.24, 2.45) is 0 Å². The zero-order valence-electron chi connectivity index (χ0n) is 10.00. The minimum absolute atomic E-state index is 0.200. The van der Waals surface area contributed by atoms with E-state index in [9.17, 15) is 5.11 Å². The topological polar surface area (TPSA) is 32.3 Å². The first kappa shape index (κ1) is 11.6. The van der Waals surface area contributed by atoms with Crippen molar-refractivity contribution >= 4 is 0 Å². The van der Waals surface area contributed by atoms with Gasteiger partial charge >= 0.3 is 0 Å². The van der Waals surface area contributed by atoms with Crippen molar-refractivity contribution < 1.29 is 5.11 Å². The van der Waals surface area contributed by atoms with Gasteiger partial charge in [-0.1, -0.05) is 29.8 Å². The molecule has 0 spiro atoms. The molecule has 0 aliphatic carbocycles. The summed E-state index contributed by atoms with van der Waals surface area (Å²) in [5, 5.41) is 12.7. The molecule has 1 fully saturated rings. The fourth-order valence-electron chi connectivity index (χ4n) is 2.78. The number of hydrogen-bond acceptors (Lipinski definition) is 2. The first-order valence-electron chi connectivity index (χ1n) is 6.16. The van der Waals surface area contributed by atoms with E-state index in [-0.39, 0.29) is 12.0 Å². The Balaban J connectivity index is 2.30. The SMILES string of the molecule is Cc1cccc(C2(CCO)CCNCC2)c1. The molecule has 0 unspecified atom stereocenters. The van der Waals surface area contributed by atoms with E-state index in [1.54, 1.807) is 0 Å². The Labute approximate surface area is 97.7 Å². The summed E-state index contributed by atoms with van der Waals surface area (Å²) in [5.74, 6) is 0. The van der Waals surface area contributed by atoms with Crippen molar-refractivity contribution in [1.29, 1.82) is 0 Å². The molecule has 0 bridgehead atoms. The molecule has 1 aromatic rings. The molecular weight excluding hydrogens is 198 g/mol. The van der Waals surface area contributed by atoms with Crippen molar-refractivity contribution in [3.8, 4) is 0 Å². The number of nitrogens with one attached hydrogen (secondary N) is 1. The van der Waals surface area contributed by atoms with Crippen LogP contribution in [0.1, 0.15) is 30.4 Å². The van der Waals surface area contributed by atoms with Gasteiger partial charge in [0, 0.05) is 6.61 Å². The molecule has 16 heavy (non-hydrogen) atoms. The number of piperidine rings is 1. The largest absolute Gasteiger partial charge is 0.396 e. The fourth-order valence-corrected chi connectivity index (χ4v) is 2.78. The van der Waals surface area contributed by atoms with Gasteiger partial charge in [0.25, 0.3) is 0 Å². The maximum atomic E-state index is 9.29. The first-order valence-corrected chi connectivity index (χ1v) is 6.16. The molecule has 2 rings (SSSR count).